The van der Waals surface area contributed by atoms with Crippen molar-refractivity contribution in [2.45, 2.75) is 52.0 Å². The lowest BCUT2D eigenvalue weighted by molar-refractivity contribution is -0.0952. The molecule has 1 saturated heterocycles. The third-order valence-corrected chi connectivity index (χ3v) is 4.34. The van der Waals surface area contributed by atoms with Crippen LogP contribution in [-0.2, 0) is 11.3 Å². The molecule has 5 heteroatoms. The summed E-state index contributed by atoms with van der Waals surface area (Å²) in [6, 6.07) is 7.08. The van der Waals surface area contributed by atoms with Gasteiger partial charge in [-0.1, -0.05) is 12.1 Å². The lowest BCUT2D eigenvalue weighted by Gasteiger charge is -2.45. The minimum Gasteiger partial charge on any atom is -0.478 e. The molecule has 128 valence electrons. The number of nitrogens with zero attached hydrogens (tertiary/aromatic N) is 1. The molecule has 0 aromatic heterocycles. The van der Waals surface area contributed by atoms with Crippen LogP contribution in [0.15, 0.2) is 24.3 Å². The van der Waals surface area contributed by atoms with E-state index in [4.69, 9.17) is 9.84 Å². The highest BCUT2D eigenvalue weighted by molar-refractivity contribution is 5.87. The molecule has 1 aromatic carbocycles. The fourth-order valence-corrected chi connectivity index (χ4v) is 3.11. The first-order valence-corrected chi connectivity index (χ1v) is 8.21. The van der Waals surface area contributed by atoms with Gasteiger partial charge in [0.05, 0.1) is 17.8 Å². The molecule has 0 spiro atoms. The predicted octanol–water partition coefficient (Wildman–Crippen LogP) is 2.36. The number of nitrogens with one attached hydrogen (secondary N) is 1. The van der Waals surface area contributed by atoms with Crippen molar-refractivity contribution in [2.24, 2.45) is 0 Å². The van der Waals surface area contributed by atoms with E-state index in [0.29, 0.717) is 12.1 Å². The van der Waals surface area contributed by atoms with E-state index in [1.807, 2.05) is 6.07 Å². The lowest BCUT2D eigenvalue weighted by Crippen LogP contribution is -2.58. The van der Waals surface area contributed by atoms with Crippen LogP contribution in [0.25, 0.3) is 0 Å². The Morgan fingerprint density at radius 2 is 2.00 bits per heavy atom. The van der Waals surface area contributed by atoms with Crippen molar-refractivity contribution in [1.29, 1.82) is 0 Å². The summed E-state index contributed by atoms with van der Waals surface area (Å²) < 4.78 is 5.80. The maximum atomic E-state index is 11.0. The summed E-state index contributed by atoms with van der Waals surface area (Å²) >= 11 is 0. The molecular weight excluding hydrogens is 292 g/mol. The maximum Gasteiger partial charge on any atom is 0.335 e. The molecule has 1 aliphatic rings. The highest BCUT2D eigenvalue weighted by Gasteiger charge is 2.32. The first-order valence-electron chi connectivity index (χ1n) is 8.21. The van der Waals surface area contributed by atoms with E-state index in [2.05, 4.69) is 37.9 Å². The van der Waals surface area contributed by atoms with Crippen molar-refractivity contribution in [2.75, 3.05) is 19.6 Å². The molecule has 0 bridgehead atoms. The van der Waals surface area contributed by atoms with Crippen LogP contribution in [0.5, 0.6) is 0 Å². The van der Waals surface area contributed by atoms with Gasteiger partial charge in [-0.05, 0) is 45.4 Å². The molecule has 0 saturated carbocycles. The average Bonchev–Trinajstić information content (AvgIpc) is 2.46. The Kier molecular flexibility index (Phi) is 5.79. The summed E-state index contributed by atoms with van der Waals surface area (Å²) in [7, 11) is 0. The Morgan fingerprint density at radius 1 is 1.35 bits per heavy atom. The van der Waals surface area contributed by atoms with Crippen molar-refractivity contribution >= 4 is 5.97 Å². The van der Waals surface area contributed by atoms with Gasteiger partial charge in [0.25, 0.3) is 0 Å². The molecule has 1 aliphatic heterocycles. The molecule has 2 N–H and O–H groups in total. The van der Waals surface area contributed by atoms with Crippen molar-refractivity contribution in [3.8, 4) is 0 Å². The van der Waals surface area contributed by atoms with Crippen LogP contribution < -0.4 is 5.32 Å². The third kappa shape index (κ3) is 5.03. The number of benzene rings is 1. The highest BCUT2D eigenvalue weighted by atomic mass is 16.5. The van der Waals surface area contributed by atoms with Crippen LogP contribution in [0.4, 0.5) is 0 Å². The van der Waals surface area contributed by atoms with E-state index in [-0.39, 0.29) is 17.7 Å². The molecule has 1 fully saturated rings. The molecule has 1 aromatic rings. The molecule has 2 atom stereocenters. The van der Waals surface area contributed by atoms with E-state index in [1.54, 1.807) is 18.2 Å². The van der Waals surface area contributed by atoms with E-state index in [1.165, 1.54) is 0 Å². The summed E-state index contributed by atoms with van der Waals surface area (Å²) in [5.41, 5.74) is 1.35. The number of morpholine rings is 1. The molecule has 2 unspecified atom stereocenters. The zero-order valence-electron chi connectivity index (χ0n) is 14.5. The van der Waals surface area contributed by atoms with Crippen LogP contribution in [0.2, 0.25) is 0 Å². The third-order valence-electron chi connectivity index (χ3n) is 4.34. The Balaban J connectivity index is 1.89. The maximum absolute atomic E-state index is 11.0. The second kappa shape index (κ2) is 7.43. The van der Waals surface area contributed by atoms with E-state index in [9.17, 15) is 4.79 Å². The van der Waals surface area contributed by atoms with Crippen molar-refractivity contribution in [3.05, 3.63) is 35.4 Å². The quantitative estimate of drug-likeness (QED) is 0.842. The molecule has 5 nitrogen and oxygen atoms in total. The number of ether oxygens (including phenoxy) is 1. The average molecular weight is 320 g/mol. The van der Waals surface area contributed by atoms with Gasteiger partial charge in [0.15, 0.2) is 0 Å². The summed E-state index contributed by atoms with van der Waals surface area (Å²) in [4.78, 5) is 13.5. The summed E-state index contributed by atoms with van der Waals surface area (Å²) in [5.74, 6) is -0.886. The van der Waals surface area contributed by atoms with Crippen LogP contribution >= 0.6 is 0 Å². The fourth-order valence-electron chi connectivity index (χ4n) is 3.11. The number of aromatic carboxylic acids is 1. The molecular formula is C18H28N2O3. The summed E-state index contributed by atoms with van der Waals surface area (Å²) in [5, 5.41) is 12.5. The number of carboxylic acid groups (broad SMARTS) is 1. The monoisotopic (exact) mass is 320 g/mol. The van der Waals surface area contributed by atoms with Gasteiger partial charge < -0.3 is 15.2 Å². The fraction of sp³-hybridized carbons (Fsp3) is 0.611. The van der Waals surface area contributed by atoms with Gasteiger partial charge in [-0.3, -0.25) is 4.90 Å². The Bertz CT molecular complexity index is 535. The standard InChI is InChI=1S/C18H28N2O3/c1-13-10-20(11-14(2)23-13)18(3,4)12-19-9-15-6-5-7-16(8-15)17(21)22/h5-8,13-14,19H,9-12H2,1-4H3,(H,21,22). The topological polar surface area (TPSA) is 61.8 Å². The molecule has 0 amide bonds. The Labute approximate surface area is 138 Å². The van der Waals surface area contributed by atoms with Gasteiger partial charge in [-0.25, -0.2) is 4.79 Å². The molecule has 2 rings (SSSR count). The first-order chi connectivity index (χ1) is 10.8. The van der Waals surface area contributed by atoms with Gasteiger partial charge in [-0.15, -0.1) is 0 Å². The Morgan fingerprint density at radius 3 is 2.61 bits per heavy atom. The first kappa shape index (κ1) is 17.9. The van der Waals surface area contributed by atoms with Crippen LogP contribution in [0, 0.1) is 0 Å². The predicted molar refractivity (Wildman–Crippen MR) is 90.8 cm³/mol. The van der Waals surface area contributed by atoms with Gasteiger partial charge >= 0.3 is 5.97 Å². The summed E-state index contributed by atoms with van der Waals surface area (Å²) in [6.45, 7) is 12.1. The minimum atomic E-state index is -0.886. The van der Waals surface area contributed by atoms with Crippen LogP contribution in [-0.4, -0.2) is 53.4 Å². The zero-order chi connectivity index (χ0) is 17.0. The molecule has 0 aliphatic carbocycles. The second-order valence-electron chi connectivity index (χ2n) is 7.08. The van der Waals surface area contributed by atoms with E-state index in [0.717, 1.165) is 25.2 Å². The largest absolute Gasteiger partial charge is 0.478 e. The van der Waals surface area contributed by atoms with Crippen LogP contribution in [0.1, 0.15) is 43.6 Å². The van der Waals surface area contributed by atoms with Crippen molar-refractivity contribution in [3.63, 3.8) is 0 Å². The zero-order valence-corrected chi connectivity index (χ0v) is 14.5. The summed E-state index contributed by atoms with van der Waals surface area (Å²) in [6.07, 6.45) is 0.510. The second-order valence-corrected chi connectivity index (χ2v) is 7.08. The van der Waals surface area contributed by atoms with Gasteiger partial charge in [0, 0.05) is 31.7 Å². The number of hydrogen-bond acceptors (Lipinski definition) is 4. The lowest BCUT2D eigenvalue weighted by atomic mass is 10.00. The highest BCUT2D eigenvalue weighted by Crippen LogP contribution is 2.20. The number of carbonyl (C=O) groups is 1. The molecule has 0 radical (unpaired) electrons. The number of rotatable bonds is 6. The van der Waals surface area contributed by atoms with Gasteiger partial charge in [0.2, 0.25) is 0 Å². The SMILES string of the molecule is CC1CN(C(C)(C)CNCc2cccc(C(=O)O)c2)CC(C)O1. The molecule has 23 heavy (non-hydrogen) atoms. The smallest absolute Gasteiger partial charge is 0.335 e. The minimum absolute atomic E-state index is 0.0245. The normalized spacial score (nSPS) is 23.0. The van der Waals surface area contributed by atoms with Crippen molar-refractivity contribution < 1.29 is 14.6 Å². The van der Waals surface area contributed by atoms with Gasteiger partial charge in [-0.2, -0.15) is 0 Å². The molecule has 1 heterocycles. The number of hydrogen-bond donors (Lipinski definition) is 2. The van der Waals surface area contributed by atoms with E-state index < -0.39 is 5.97 Å². The van der Waals surface area contributed by atoms with Crippen molar-refractivity contribution in [1.82, 2.24) is 10.2 Å². The van der Waals surface area contributed by atoms with E-state index >= 15 is 0 Å². The van der Waals surface area contributed by atoms with Crippen LogP contribution in [0.3, 0.4) is 0 Å². The van der Waals surface area contributed by atoms with Gasteiger partial charge in [0.1, 0.15) is 0 Å². The Hall–Kier alpha value is -1.43. The number of carboxylic acids is 1.